The van der Waals surface area contributed by atoms with Crippen LogP contribution in [0.2, 0.25) is 0 Å². The van der Waals surface area contributed by atoms with Gasteiger partial charge in [0.25, 0.3) is 0 Å². The zero-order valence-electron chi connectivity index (χ0n) is 15.0. The Morgan fingerprint density at radius 1 is 1.24 bits per heavy atom. The first-order valence-corrected chi connectivity index (χ1v) is 8.98. The zero-order chi connectivity index (χ0) is 17.8. The summed E-state index contributed by atoms with van der Waals surface area (Å²) in [6, 6.07) is 12.9. The van der Waals surface area contributed by atoms with Gasteiger partial charge in [0.2, 0.25) is 0 Å². The molecule has 1 fully saturated rings. The van der Waals surface area contributed by atoms with Crippen LogP contribution in [0.25, 0.3) is 0 Å². The maximum absolute atomic E-state index is 11.3. The van der Waals surface area contributed by atoms with Crippen LogP contribution in [-0.4, -0.2) is 34.0 Å². The predicted molar refractivity (Wildman–Crippen MR) is 98.5 cm³/mol. The van der Waals surface area contributed by atoms with Crippen molar-refractivity contribution < 1.29 is 9.90 Å². The Morgan fingerprint density at radius 3 is 2.64 bits per heavy atom. The third kappa shape index (κ3) is 4.26. The van der Waals surface area contributed by atoms with E-state index in [9.17, 15) is 9.90 Å². The number of hydrogen-bond donors (Lipinski definition) is 1. The first-order valence-electron chi connectivity index (χ1n) is 8.98. The molecule has 1 unspecified atom stereocenters. The molecule has 25 heavy (non-hydrogen) atoms. The molecule has 0 radical (unpaired) electrons. The van der Waals surface area contributed by atoms with Crippen LogP contribution in [0.4, 0.5) is 0 Å². The second-order valence-corrected chi connectivity index (χ2v) is 7.05. The number of nitrogens with zero attached hydrogens (tertiary/aromatic N) is 2. The van der Waals surface area contributed by atoms with Crippen LogP contribution < -0.4 is 0 Å². The maximum atomic E-state index is 11.3. The van der Waals surface area contributed by atoms with E-state index in [1.54, 1.807) is 0 Å². The molecule has 2 aromatic rings. The van der Waals surface area contributed by atoms with Gasteiger partial charge in [0.15, 0.2) is 0 Å². The summed E-state index contributed by atoms with van der Waals surface area (Å²) in [5.74, 6) is -0.863. The lowest BCUT2D eigenvalue weighted by molar-refractivity contribution is -0.143. The van der Waals surface area contributed by atoms with Crippen LogP contribution in [-0.2, 0) is 11.2 Å². The SMILES string of the molecule is Cc1ccc(C)c(C(Cc2ccccn2)N2CCC(C(=O)O)CC2)c1. The Kier molecular flexibility index (Phi) is 5.49. The highest BCUT2D eigenvalue weighted by atomic mass is 16.4. The van der Waals surface area contributed by atoms with Gasteiger partial charge in [-0.3, -0.25) is 14.7 Å². The van der Waals surface area contributed by atoms with Crippen molar-refractivity contribution in [3.8, 4) is 0 Å². The molecule has 1 N–H and O–H groups in total. The molecule has 1 aromatic carbocycles. The molecule has 4 nitrogen and oxygen atoms in total. The van der Waals surface area contributed by atoms with Crippen molar-refractivity contribution in [2.24, 2.45) is 5.92 Å². The first-order chi connectivity index (χ1) is 12.0. The van der Waals surface area contributed by atoms with Crippen LogP contribution in [0.3, 0.4) is 0 Å². The summed E-state index contributed by atoms with van der Waals surface area (Å²) in [4.78, 5) is 18.2. The van der Waals surface area contributed by atoms with Crippen molar-refractivity contribution in [3.63, 3.8) is 0 Å². The highest BCUT2D eigenvalue weighted by molar-refractivity contribution is 5.70. The third-order valence-electron chi connectivity index (χ3n) is 5.24. The number of pyridine rings is 1. The summed E-state index contributed by atoms with van der Waals surface area (Å²) >= 11 is 0. The average molecular weight is 338 g/mol. The molecular weight excluding hydrogens is 312 g/mol. The summed E-state index contributed by atoms with van der Waals surface area (Å²) in [6.45, 7) is 5.92. The van der Waals surface area contributed by atoms with E-state index in [1.807, 2.05) is 18.3 Å². The molecule has 0 bridgehead atoms. The number of rotatable bonds is 5. The van der Waals surface area contributed by atoms with Gasteiger partial charge in [0.05, 0.1) is 5.92 Å². The molecule has 4 heteroatoms. The molecular formula is C21H26N2O2. The average Bonchev–Trinajstić information content (AvgIpc) is 2.63. The van der Waals surface area contributed by atoms with Crippen LogP contribution in [0, 0.1) is 19.8 Å². The minimum absolute atomic E-state index is 0.203. The van der Waals surface area contributed by atoms with Gasteiger partial charge in [-0.1, -0.05) is 29.8 Å². The molecule has 0 saturated carbocycles. The van der Waals surface area contributed by atoms with E-state index in [0.29, 0.717) is 0 Å². The molecule has 1 aliphatic heterocycles. The number of piperidine rings is 1. The lowest BCUT2D eigenvalue weighted by Crippen LogP contribution is -2.39. The normalized spacial score (nSPS) is 17.4. The topological polar surface area (TPSA) is 53.4 Å². The monoisotopic (exact) mass is 338 g/mol. The van der Waals surface area contributed by atoms with Crippen molar-refractivity contribution in [1.82, 2.24) is 9.88 Å². The molecule has 0 aliphatic carbocycles. The number of aliphatic carboxylic acids is 1. The minimum atomic E-state index is -0.660. The molecule has 1 aromatic heterocycles. The van der Waals surface area contributed by atoms with Crippen LogP contribution in [0.1, 0.15) is 41.3 Å². The van der Waals surface area contributed by atoms with Crippen molar-refractivity contribution in [2.45, 2.75) is 39.2 Å². The number of carboxylic acid groups (broad SMARTS) is 1. The fraction of sp³-hybridized carbons (Fsp3) is 0.429. The zero-order valence-corrected chi connectivity index (χ0v) is 15.0. The number of benzene rings is 1. The van der Waals surface area contributed by atoms with Crippen molar-refractivity contribution in [1.29, 1.82) is 0 Å². The van der Waals surface area contributed by atoms with Crippen LogP contribution in [0.5, 0.6) is 0 Å². The molecule has 0 spiro atoms. The lowest BCUT2D eigenvalue weighted by atomic mass is 9.90. The number of carbonyl (C=O) groups is 1. The Hall–Kier alpha value is -2.20. The number of likely N-dealkylation sites (tertiary alicyclic amines) is 1. The molecule has 0 amide bonds. The highest BCUT2D eigenvalue weighted by Crippen LogP contribution is 2.31. The molecule has 2 heterocycles. The van der Waals surface area contributed by atoms with Gasteiger partial charge >= 0.3 is 5.97 Å². The minimum Gasteiger partial charge on any atom is -0.481 e. The van der Waals surface area contributed by atoms with Crippen LogP contribution >= 0.6 is 0 Å². The number of carboxylic acids is 1. The summed E-state index contributed by atoms with van der Waals surface area (Å²) in [5, 5.41) is 9.27. The second kappa shape index (κ2) is 7.79. The summed E-state index contributed by atoms with van der Waals surface area (Å²) < 4.78 is 0. The van der Waals surface area contributed by atoms with E-state index in [4.69, 9.17) is 0 Å². The van der Waals surface area contributed by atoms with Crippen molar-refractivity contribution >= 4 is 5.97 Å². The number of hydrogen-bond acceptors (Lipinski definition) is 3. The summed E-state index contributed by atoms with van der Waals surface area (Å²) in [5.41, 5.74) is 4.95. The van der Waals surface area contributed by atoms with E-state index in [0.717, 1.165) is 38.0 Å². The maximum Gasteiger partial charge on any atom is 0.306 e. The van der Waals surface area contributed by atoms with Gasteiger partial charge in [-0.05, 0) is 63.0 Å². The summed E-state index contributed by atoms with van der Waals surface area (Å²) in [7, 11) is 0. The lowest BCUT2D eigenvalue weighted by Gasteiger charge is -2.37. The van der Waals surface area contributed by atoms with Crippen molar-refractivity contribution in [2.75, 3.05) is 13.1 Å². The molecule has 1 saturated heterocycles. The smallest absolute Gasteiger partial charge is 0.306 e. The first kappa shape index (κ1) is 17.6. The fourth-order valence-corrected chi connectivity index (χ4v) is 3.73. The summed E-state index contributed by atoms with van der Waals surface area (Å²) in [6.07, 6.45) is 4.13. The number of aromatic nitrogens is 1. The van der Waals surface area contributed by atoms with Gasteiger partial charge in [0, 0.05) is 24.4 Å². The molecule has 1 atom stereocenters. The highest BCUT2D eigenvalue weighted by Gasteiger charge is 2.30. The van der Waals surface area contributed by atoms with E-state index in [-0.39, 0.29) is 12.0 Å². The Labute approximate surface area is 149 Å². The van der Waals surface area contributed by atoms with Gasteiger partial charge in [-0.15, -0.1) is 0 Å². The largest absolute Gasteiger partial charge is 0.481 e. The van der Waals surface area contributed by atoms with Gasteiger partial charge < -0.3 is 5.11 Å². The van der Waals surface area contributed by atoms with E-state index in [1.165, 1.54) is 16.7 Å². The number of aryl methyl sites for hydroxylation is 2. The van der Waals surface area contributed by atoms with Gasteiger partial charge in [-0.2, -0.15) is 0 Å². The van der Waals surface area contributed by atoms with Gasteiger partial charge in [0.1, 0.15) is 0 Å². The van der Waals surface area contributed by atoms with E-state index >= 15 is 0 Å². The van der Waals surface area contributed by atoms with Crippen LogP contribution in [0.15, 0.2) is 42.6 Å². The molecule has 1 aliphatic rings. The van der Waals surface area contributed by atoms with E-state index in [2.05, 4.69) is 48.0 Å². The van der Waals surface area contributed by atoms with Gasteiger partial charge in [-0.25, -0.2) is 0 Å². The van der Waals surface area contributed by atoms with Crippen molar-refractivity contribution in [3.05, 3.63) is 65.0 Å². The third-order valence-corrected chi connectivity index (χ3v) is 5.24. The standard InChI is InChI=1S/C21H26N2O2/c1-15-6-7-16(2)19(13-15)20(14-18-5-3-4-10-22-18)23-11-8-17(9-12-23)21(24)25/h3-7,10,13,17,20H,8-9,11-12,14H2,1-2H3,(H,24,25). The second-order valence-electron chi connectivity index (χ2n) is 7.05. The predicted octanol–water partition coefficient (Wildman–Crippen LogP) is 3.78. The van der Waals surface area contributed by atoms with E-state index < -0.39 is 5.97 Å². The fourth-order valence-electron chi connectivity index (χ4n) is 3.73. The molecule has 3 rings (SSSR count). The Balaban J connectivity index is 1.87. The Bertz CT molecular complexity index is 722. The molecule has 132 valence electrons. The quantitative estimate of drug-likeness (QED) is 0.901. The Morgan fingerprint density at radius 2 is 2.00 bits per heavy atom.